The summed E-state index contributed by atoms with van der Waals surface area (Å²) in [5, 5.41) is 18.1. The minimum atomic E-state index is -1.06. The molecule has 0 unspecified atom stereocenters. The molecule has 4 nitrogen and oxygen atoms in total. The summed E-state index contributed by atoms with van der Waals surface area (Å²) < 4.78 is 0. The van der Waals surface area contributed by atoms with Gasteiger partial charge in [-0.1, -0.05) is 26.0 Å². The number of rotatable bonds is 4. The average Bonchev–Trinajstić information content (AvgIpc) is 2.19. The summed E-state index contributed by atoms with van der Waals surface area (Å²) in [6.07, 6.45) is -0.256. The third-order valence-electron chi connectivity index (χ3n) is 2.74. The number of hydrogen-bond acceptors (Lipinski definition) is 2. The molecule has 0 bridgehead atoms. The van der Waals surface area contributed by atoms with Crippen LogP contribution in [0.15, 0.2) is 12.1 Å². The first kappa shape index (κ1) is 13.2. The molecule has 0 saturated carbocycles. The monoisotopic (exact) mass is 236 g/mol. The van der Waals surface area contributed by atoms with Crippen LogP contribution in [0, 0.1) is 6.92 Å². The molecular formula is C13H16O4. The number of carboxylic acid groups (broad SMARTS) is 2. The Kier molecular flexibility index (Phi) is 3.89. The molecule has 0 radical (unpaired) electrons. The van der Waals surface area contributed by atoms with E-state index in [2.05, 4.69) is 0 Å². The number of aliphatic carboxylic acids is 1. The lowest BCUT2D eigenvalue weighted by molar-refractivity contribution is -0.136. The van der Waals surface area contributed by atoms with Crippen molar-refractivity contribution in [1.29, 1.82) is 0 Å². The van der Waals surface area contributed by atoms with Gasteiger partial charge in [-0.05, 0) is 29.5 Å². The van der Waals surface area contributed by atoms with E-state index in [-0.39, 0.29) is 17.9 Å². The topological polar surface area (TPSA) is 74.6 Å². The van der Waals surface area contributed by atoms with Crippen LogP contribution >= 0.6 is 0 Å². The maximum atomic E-state index is 11.3. The van der Waals surface area contributed by atoms with E-state index in [0.717, 1.165) is 0 Å². The fraction of sp³-hybridized carbons (Fsp3) is 0.385. The van der Waals surface area contributed by atoms with Gasteiger partial charge < -0.3 is 10.2 Å². The molecule has 2 N–H and O–H groups in total. The summed E-state index contributed by atoms with van der Waals surface area (Å²) in [5.74, 6) is -2.03. The van der Waals surface area contributed by atoms with Gasteiger partial charge in [-0.2, -0.15) is 0 Å². The summed E-state index contributed by atoms with van der Waals surface area (Å²) in [4.78, 5) is 22.1. The summed E-state index contributed by atoms with van der Waals surface area (Å²) in [6.45, 7) is 5.51. The van der Waals surface area contributed by atoms with Gasteiger partial charge in [0.25, 0.3) is 0 Å². The summed E-state index contributed by atoms with van der Waals surface area (Å²) in [6, 6.07) is 3.54. The van der Waals surface area contributed by atoms with E-state index >= 15 is 0 Å². The van der Waals surface area contributed by atoms with Crippen molar-refractivity contribution in [3.8, 4) is 0 Å². The number of aromatic carboxylic acids is 1. The highest BCUT2D eigenvalue weighted by molar-refractivity contribution is 5.93. The zero-order valence-electron chi connectivity index (χ0n) is 10.2. The van der Waals surface area contributed by atoms with Gasteiger partial charge >= 0.3 is 11.9 Å². The second kappa shape index (κ2) is 4.99. The number of carbonyl (C=O) groups is 2. The zero-order valence-corrected chi connectivity index (χ0v) is 10.2. The maximum absolute atomic E-state index is 11.3. The van der Waals surface area contributed by atoms with Crippen molar-refractivity contribution in [2.24, 2.45) is 0 Å². The molecule has 92 valence electrons. The van der Waals surface area contributed by atoms with E-state index < -0.39 is 11.9 Å². The van der Waals surface area contributed by atoms with Gasteiger partial charge in [0, 0.05) is 0 Å². The summed E-state index contributed by atoms with van der Waals surface area (Å²) in [5.41, 5.74) is 1.92. The lowest BCUT2D eigenvalue weighted by Gasteiger charge is -2.15. The SMILES string of the molecule is Cc1ccc(C(C)C)c(C(=O)O)c1CC(=O)O. The molecule has 4 heteroatoms. The van der Waals surface area contributed by atoms with Gasteiger partial charge in [0.2, 0.25) is 0 Å². The van der Waals surface area contributed by atoms with Crippen LogP contribution in [0.1, 0.15) is 46.8 Å². The Morgan fingerprint density at radius 2 is 1.82 bits per heavy atom. The zero-order chi connectivity index (χ0) is 13.2. The number of carboxylic acids is 2. The molecule has 0 aliphatic heterocycles. The van der Waals surface area contributed by atoms with Crippen LogP contribution in [0.3, 0.4) is 0 Å². The molecule has 1 aromatic rings. The van der Waals surface area contributed by atoms with Crippen LogP contribution in [0.4, 0.5) is 0 Å². The molecule has 0 aliphatic carbocycles. The fourth-order valence-corrected chi connectivity index (χ4v) is 1.88. The Morgan fingerprint density at radius 1 is 1.24 bits per heavy atom. The van der Waals surface area contributed by atoms with Gasteiger partial charge in [-0.15, -0.1) is 0 Å². The summed E-state index contributed by atoms with van der Waals surface area (Å²) >= 11 is 0. The first-order valence-corrected chi connectivity index (χ1v) is 5.42. The Balaban J connectivity index is 3.48. The lowest BCUT2D eigenvalue weighted by atomic mass is 9.89. The largest absolute Gasteiger partial charge is 0.481 e. The molecule has 0 heterocycles. The van der Waals surface area contributed by atoms with Gasteiger partial charge in [0.15, 0.2) is 0 Å². The molecule has 0 aliphatic rings. The predicted molar refractivity (Wildman–Crippen MR) is 63.6 cm³/mol. The summed E-state index contributed by atoms with van der Waals surface area (Å²) in [7, 11) is 0. The first-order valence-electron chi connectivity index (χ1n) is 5.42. The van der Waals surface area contributed by atoms with Gasteiger partial charge in [0.1, 0.15) is 0 Å². The van der Waals surface area contributed by atoms with Gasteiger partial charge in [-0.3, -0.25) is 4.79 Å². The average molecular weight is 236 g/mol. The normalized spacial score (nSPS) is 10.6. The van der Waals surface area contributed by atoms with Gasteiger partial charge in [-0.25, -0.2) is 4.79 Å². The van der Waals surface area contributed by atoms with E-state index in [4.69, 9.17) is 5.11 Å². The number of hydrogen-bond donors (Lipinski definition) is 2. The van der Waals surface area contributed by atoms with Crippen molar-refractivity contribution in [3.63, 3.8) is 0 Å². The molecule has 0 atom stereocenters. The minimum absolute atomic E-state index is 0.0502. The molecule has 17 heavy (non-hydrogen) atoms. The highest BCUT2D eigenvalue weighted by Gasteiger charge is 2.20. The van der Waals surface area contributed by atoms with Crippen LogP contribution in [-0.2, 0) is 11.2 Å². The smallest absolute Gasteiger partial charge is 0.336 e. The van der Waals surface area contributed by atoms with E-state index in [1.807, 2.05) is 13.8 Å². The molecule has 1 rings (SSSR count). The van der Waals surface area contributed by atoms with Crippen molar-refractivity contribution < 1.29 is 19.8 Å². The third kappa shape index (κ3) is 2.84. The lowest BCUT2D eigenvalue weighted by Crippen LogP contribution is -2.13. The Hall–Kier alpha value is -1.84. The molecule has 0 amide bonds. The van der Waals surface area contributed by atoms with Crippen molar-refractivity contribution >= 4 is 11.9 Å². The molecule has 0 spiro atoms. The van der Waals surface area contributed by atoms with Crippen molar-refractivity contribution in [2.45, 2.75) is 33.1 Å². The highest BCUT2D eigenvalue weighted by Crippen LogP contribution is 2.26. The van der Waals surface area contributed by atoms with E-state index in [1.54, 1.807) is 19.1 Å². The molecular weight excluding hydrogens is 220 g/mol. The number of benzene rings is 1. The Labute approximate surface area is 99.9 Å². The van der Waals surface area contributed by atoms with E-state index in [0.29, 0.717) is 16.7 Å². The molecule has 0 fully saturated rings. The Morgan fingerprint density at radius 3 is 2.24 bits per heavy atom. The molecule has 1 aromatic carbocycles. The highest BCUT2D eigenvalue weighted by atomic mass is 16.4. The Bertz CT molecular complexity index is 461. The fourth-order valence-electron chi connectivity index (χ4n) is 1.88. The van der Waals surface area contributed by atoms with Crippen molar-refractivity contribution in [1.82, 2.24) is 0 Å². The molecule has 0 aromatic heterocycles. The van der Waals surface area contributed by atoms with Gasteiger partial charge in [0.05, 0.1) is 12.0 Å². The second-order valence-electron chi connectivity index (χ2n) is 4.36. The second-order valence-corrected chi connectivity index (χ2v) is 4.36. The van der Waals surface area contributed by atoms with Crippen molar-refractivity contribution in [2.75, 3.05) is 0 Å². The first-order chi connectivity index (χ1) is 7.84. The minimum Gasteiger partial charge on any atom is -0.481 e. The quantitative estimate of drug-likeness (QED) is 0.842. The van der Waals surface area contributed by atoms with Crippen LogP contribution in [-0.4, -0.2) is 22.2 Å². The van der Waals surface area contributed by atoms with Crippen LogP contribution in [0.2, 0.25) is 0 Å². The maximum Gasteiger partial charge on any atom is 0.336 e. The van der Waals surface area contributed by atoms with Crippen LogP contribution < -0.4 is 0 Å². The van der Waals surface area contributed by atoms with Crippen LogP contribution in [0.5, 0.6) is 0 Å². The van der Waals surface area contributed by atoms with Crippen molar-refractivity contribution in [3.05, 3.63) is 34.4 Å². The van der Waals surface area contributed by atoms with E-state index in [9.17, 15) is 14.7 Å². The van der Waals surface area contributed by atoms with Crippen LogP contribution in [0.25, 0.3) is 0 Å². The molecule has 0 saturated heterocycles. The third-order valence-corrected chi connectivity index (χ3v) is 2.74. The predicted octanol–water partition coefficient (Wildman–Crippen LogP) is 2.44. The van der Waals surface area contributed by atoms with E-state index in [1.165, 1.54) is 0 Å². The standard InChI is InChI=1S/C13H16O4/c1-7(2)9-5-4-8(3)10(6-11(14)15)12(9)13(16)17/h4-5,7H,6H2,1-3H3,(H,14,15)(H,16,17). The number of aryl methyl sites for hydroxylation is 1.